The van der Waals surface area contributed by atoms with Gasteiger partial charge in [0, 0.05) is 5.56 Å². The molecule has 0 amide bonds. The van der Waals surface area contributed by atoms with E-state index in [1.165, 1.54) is 10.7 Å². The standard InChI is InChI=1S/C17H16FN3O2/c1-11-3-6-13(9-15(11)18)21-17(16(10-22)19-20-21)12-4-7-14(23-2)8-5-12/h3-9,22H,10H2,1-2H3. The number of benzene rings is 2. The van der Waals surface area contributed by atoms with Crippen LogP contribution in [-0.2, 0) is 6.61 Å². The second kappa shape index (κ2) is 6.18. The molecule has 2 aromatic carbocycles. The van der Waals surface area contributed by atoms with Crippen LogP contribution < -0.4 is 4.74 Å². The van der Waals surface area contributed by atoms with E-state index in [0.29, 0.717) is 22.6 Å². The van der Waals surface area contributed by atoms with E-state index in [0.717, 1.165) is 11.3 Å². The number of aromatic nitrogens is 3. The molecule has 0 aliphatic rings. The van der Waals surface area contributed by atoms with Gasteiger partial charge in [0.05, 0.1) is 19.4 Å². The summed E-state index contributed by atoms with van der Waals surface area (Å²) < 4.78 is 20.5. The minimum absolute atomic E-state index is 0.254. The summed E-state index contributed by atoms with van der Waals surface area (Å²) in [5.41, 5.74) is 2.96. The van der Waals surface area contributed by atoms with E-state index in [4.69, 9.17) is 4.74 Å². The van der Waals surface area contributed by atoms with Crippen LogP contribution >= 0.6 is 0 Å². The van der Waals surface area contributed by atoms with E-state index >= 15 is 0 Å². The van der Waals surface area contributed by atoms with Crippen LogP contribution in [0.1, 0.15) is 11.3 Å². The normalized spacial score (nSPS) is 10.8. The zero-order valence-electron chi connectivity index (χ0n) is 12.8. The zero-order chi connectivity index (χ0) is 16.4. The van der Waals surface area contributed by atoms with Crippen molar-refractivity contribution < 1.29 is 14.2 Å². The van der Waals surface area contributed by atoms with Crippen LogP contribution in [0.25, 0.3) is 16.9 Å². The average molecular weight is 313 g/mol. The molecule has 6 heteroatoms. The van der Waals surface area contributed by atoms with Gasteiger partial charge in [-0.3, -0.25) is 0 Å². The summed E-state index contributed by atoms with van der Waals surface area (Å²) in [7, 11) is 1.59. The average Bonchev–Trinajstić information content (AvgIpc) is 3.01. The van der Waals surface area contributed by atoms with E-state index in [2.05, 4.69) is 10.3 Å². The van der Waals surface area contributed by atoms with Crippen LogP contribution in [0.5, 0.6) is 5.75 Å². The Hall–Kier alpha value is -2.73. The largest absolute Gasteiger partial charge is 0.497 e. The number of rotatable bonds is 4. The van der Waals surface area contributed by atoms with Crippen molar-refractivity contribution in [2.24, 2.45) is 0 Å². The van der Waals surface area contributed by atoms with Crippen molar-refractivity contribution in [1.82, 2.24) is 15.0 Å². The molecule has 0 aliphatic heterocycles. The Bertz CT molecular complexity index is 828. The van der Waals surface area contributed by atoms with Gasteiger partial charge in [-0.15, -0.1) is 5.10 Å². The molecule has 1 aromatic heterocycles. The minimum atomic E-state index is -0.316. The molecule has 0 spiro atoms. The first-order valence-corrected chi connectivity index (χ1v) is 7.10. The van der Waals surface area contributed by atoms with E-state index in [9.17, 15) is 9.50 Å². The van der Waals surface area contributed by atoms with Gasteiger partial charge in [0.25, 0.3) is 0 Å². The molecule has 1 heterocycles. The molecule has 118 valence electrons. The minimum Gasteiger partial charge on any atom is -0.497 e. The summed E-state index contributed by atoms with van der Waals surface area (Å²) in [5.74, 6) is 0.406. The first-order chi connectivity index (χ1) is 11.1. The lowest BCUT2D eigenvalue weighted by molar-refractivity contribution is 0.277. The van der Waals surface area contributed by atoms with E-state index in [1.54, 1.807) is 26.2 Å². The smallest absolute Gasteiger partial charge is 0.128 e. The Morgan fingerprint density at radius 2 is 1.91 bits per heavy atom. The number of halogens is 1. The van der Waals surface area contributed by atoms with Crippen LogP contribution in [0.2, 0.25) is 0 Å². The van der Waals surface area contributed by atoms with Crippen LogP contribution in [-0.4, -0.2) is 27.2 Å². The summed E-state index contributed by atoms with van der Waals surface area (Å²) >= 11 is 0. The van der Waals surface area contributed by atoms with Gasteiger partial charge in [0.1, 0.15) is 23.0 Å². The fourth-order valence-electron chi connectivity index (χ4n) is 2.35. The lowest BCUT2D eigenvalue weighted by Crippen LogP contribution is -2.01. The SMILES string of the molecule is COc1ccc(-c2c(CO)nnn2-c2ccc(C)c(F)c2)cc1. The van der Waals surface area contributed by atoms with Crippen LogP contribution in [0.15, 0.2) is 42.5 Å². The van der Waals surface area contributed by atoms with Gasteiger partial charge < -0.3 is 9.84 Å². The lowest BCUT2D eigenvalue weighted by Gasteiger charge is -2.09. The Morgan fingerprint density at radius 1 is 1.17 bits per heavy atom. The fraction of sp³-hybridized carbons (Fsp3) is 0.176. The molecule has 1 N–H and O–H groups in total. The van der Waals surface area contributed by atoms with E-state index in [1.807, 2.05) is 24.3 Å². The van der Waals surface area contributed by atoms with Crippen LogP contribution in [0, 0.1) is 12.7 Å². The second-order valence-electron chi connectivity index (χ2n) is 5.12. The molecule has 3 aromatic rings. The quantitative estimate of drug-likeness (QED) is 0.804. The molecule has 0 fully saturated rings. The molecule has 0 aliphatic carbocycles. The molecule has 0 bridgehead atoms. The molecule has 0 saturated carbocycles. The summed E-state index contributed by atoms with van der Waals surface area (Å²) in [6, 6.07) is 12.2. The predicted molar refractivity (Wildman–Crippen MR) is 84.0 cm³/mol. The Morgan fingerprint density at radius 3 is 2.52 bits per heavy atom. The highest BCUT2D eigenvalue weighted by Gasteiger charge is 2.16. The third-order valence-electron chi connectivity index (χ3n) is 3.65. The summed E-state index contributed by atoms with van der Waals surface area (Å²) in [4.78, 5) is 0. The molecule has 0 saturated heterocycles. The number of methoxy groups -OCH3 is 1. The lowest BCUT2D eigenvalue weighted by atomic mass is 10.1. The molecule has 23 heavy (non-hydrogen) atoms. The number of aliphatic hydroxyl groups excluding tert-OH is 1. The van der Waals surface area contributed by atoms with Gasteiger partial charge in [-0.05, 0) is 48.9 Å². The predicted octanol–water partition coefficient (Wildman–Crippen LogP) is 2.88. The first kappa shape index (κ1) is 15.2. The van der Waals surface area contributed by atoms with Crippen molar-refractivity contribution in [2.45, 2.75) is 13.5 Å². The van der Waals surface area contributed by atoms with Crippen molar-refractivity contribution in [3.8, 4) is 22.7 Å². The molecule has 0 atom stereocenters. The maximum atomic E-state index is 13.9. The second-order valence-corrected chi connectivity index (χ2v) is 5.12. The van der Waals surface area contributed by atoms with Gasteiger partial charge in [-0.25, -0.2) is 9.07 Å². The Kier molecular flexibility index (Phi) is 4.08. The van der Waals surface area contributed by atoms with Crippen LogP contribution in [0.4, 0.5) is 4.39 Å². The molecular formula is C17H16FN3O2. The Balaban J connectivity index is 2.14. The third-order valence-corrected chi connectivity index (χ3v) is 3.65. The zero-order valence-corrected chi connectivity index (χ0v) is 12.8. The highest BCUT2D eigenvalue weighted by atomic mass is 19.1. The topological polar surface area (TPSA) is 60.2 Å². The summed E-state index contributed by atoms with van der Waals surface area (Å²) in [6.45, 7) is 1.44. The van der Waals surface area contributed by atoms with Crippen molar-refractivity contribution in [1.29, 1.82) is 0 Å². The van der Waals surface area contributed by atoms with Crippen molar-refractivity contribution in [3.05, 3.63) is 59.5 Å². The van der Waals surface area contributed by atoms with Gasteiger partial charge in [0.15, 0.2) is 0 Å². The fourth-order valence-corrected chi connectivity index (χ4v) is 2.35. The van der Waals surface area contributed by atoms with Crippen LogP contribution in [0.3, 0.4) is 0 Å². The third kappa shape index (κ3) is 2.80. The number of aryl methyl sites for hydroxylation is 1. The van der Waals surface area contributed by atoms with E-state index < -0.39 is 0 Å². The highest BCUT2D eigenvalue weighted by Crippen LogP contribution is 2.27. The van der Waals surface area contributed by atoms with Crippen molar-refractivity contribution >= 4 is 0 Å². The molecule has 0 radical (unpaired) electrons. The maximum Gasteiger partial charge on any atom is 0.128 e. The molecule has 0 unspecified atom stereocenters. The van der Waals surface area contributed by atoms with Crippen molar-refractivity contribution in [2.75, 3.05) is 7.11 Å². The molecule has 5 nitrogen and oxygen atoms in total. The highest BCUT2D eigenvalue weighted by molar-refractivity contribution is 5.65. The maximum absolute atomic E-state index is 13.9. The number of nitrogens with zero attached hydrogens (tertiary/aromatic N) is 3. The Labute approximate surface area is 133 Å². The van der Waals surface area contributed by atoms with Gasteiger partial charge in [0.2, 0.25) is 0 Å². The van der Waals surface area contributed by atoms with Gasteiger partial charge in [-0.1, -0.05) is 11.3 Å². The molecular weight excluding hydrogens is 297 g/mol. The number of aliphatic hydroxyl groups is 1. The summed E-state index contributed by atoms with van der Waals surface area (Å²) in [6.07, 6.45) is 0. The van der Waals surface area contributed by atoms with Gasteiger partial charge >= 0.3 is 0 Å². The number of hydrogen-bond donors (Lipinski definition) is 1. The summed E-state index contributed by atoms with van der Waals surface area (Å²) in [5, 5.41) is 17.6. The number of hydrogen-bond acceptors (Lipinski definition) is 4. The first-order valence-electron chi connectivity index (χ1n) is 7.10. The van der Waals surface area contributed by atoms with Crippen molar-refractivity contribution in [3.63, 3.8) is 0 Å². The monoisotopic (exact) mass is 313 g/mol. The molecule has 3 rings (SSSR count). The van der Waals surface area contributed by atoms with Gasteiger partial charge in [-0.2, -0.15) is 0 Å². The van der Waals surface area contributed by atoms with E-state index in [-0.39, 0.29) is 12.4 Å². The number of ether oxygens (including phenoxy) is 1.